The fourth-order valence-electron chi connectivity index (χ4n) is 2.04. The quantitative estimate of drug-likeness (QED) is 0.770. The molecule has 1 fully saturated rings. The van der Waals surface area contributed by atoms with E-state index in [1.165, 1.54) is 0 Å². The summed E-state index contributed by atoms with van der Waals surface area (Å²) in [6.07, 6.45) is 1.77. The van der Waals surface area contributed by atoms with Gasteiger partial charge < -0.3 is 4.90 Å². The van der Waals surface area contributed by atoms with Crippen molar-refractivity contribution in [1.29, 1.82) is 0 Å². The van der Waals surface area contributed by atoms with Crippen LogP contribution in [-0.2, 0) is 10.0 Å². The van der Waals surface area contributed by atoms with Crippen LogP contribution in [-0.4, -0.2) is 55.5 Å². The van der Waals surface area contributed by atoms with Gasteiger partial charge in [0.25, 0.3) is 0 Å². The molecule has 5 nitrogen and oxygen atoms in total. The molecule has 0 aromatic carbocycles. The Kier molecular flexibility index (Phi) is 5.05. The van der Waals surface area contributed by atoms with E-state index in [1.807, 2.05) is 12.3 Å². The minimum atomic E-state index is -3.18. The number of halogens is 1. The van der Waals surface area contributed by atoms with Crippen molar-refractivity contribution in [1.82, 2.24) is 9.29 Å². The van der Waals surface area contributed by atoms with Gasteiger partial charge in [0.15, 0.2) is 5.13 Å². The van der Waals surface area contributed by atoms with Gasteiger partial charge in [-0.25, -0.2) is 13.4 Å². The molecule has 0 N–H and O–H groups in total. The number of anilines is 1. The summed E-state index contributed by atoms with van der Waals surface area (Å²) in [5.74, 6) is 0.496. The van der Waals surface area contributed by atoms with E-state index < -0.39 is 10.0 Å². The van der Waals surface area contributed by atoms with E-state index in [9.17, 15) is 8.42 Å². The molecule has 1 saturated heterocycles. The third kappa shape index (κ3) is 3.81. The summed E-state index contributed by atoms with van der Waals surface area (Å²) in [5.41, 5.74) is 0. The summed E-state index contributed by atoms with van der Waals surface area (Å²) in [6.45, 7) is 4.30. The Labute approximate surface area is 123 Å². The third-order valence-corrected chi connectivity index (χ3v) is 6.58. The van der Waals surface area contributed by atoms with E-state index in [0.29, 0.717) is 32.1 Å². The lowest BCUT2D eigenvalue weighted by Crippen LogP contribution is -2.49. The molecule has 1 unspecified atom stereocenters. The van der Waals surface area contributed by atoms with Crippen molar-refractivity contribution in [2.75, 3.05) is 42.7 Å². The Balaban J connectivity index is 1.92. The Bertz CT molecular complexity index is 484. The zero-order valence-corrected chi connectivity index (χ0v) is 13.2. The monoisotopic (exact) mass is 323 g/mol. The largest absolute Gasteiger partial charge is 0.345 e. The highest BCUT2D eigenvalue weighted by Crippen LogP contribution is 2.20. The fraction of sp³-hybridized carbons (Fsp3) is 0.727. The standard InChI is InChI=1S/C11H18ClN3O2S2/c1-10(8-12)9-19(16,17)15-5-3-14(4-6-15)11-13-2-7-18-11/h2,7,10H,3-6,8-9H2,1H3. The Hall–Kier alpha value is -0.370. The molecule has 8 heteroatoms. The first-order valence-corrected chi connectivity index (χ1v) is 9.23. The molecule has 1 aliphatic rings. The molecule has 1 aromatic heterocycles. The molecule has 108 valence electrons. The number of hydrogen-bond donors (Lipinski definition) is 0. The van der Waals surface area contributed by atoms with E-state index in [1.54, 1.807) is 21.8 Å². The molecule has 0 saturated carbocycles. The van der Waals surface area contributed by atoms with E-state index in [-0.39, 0.29) is 11.7 Å². The van der Waals surface area contributed by atoms with Gasteiger partial charge in [0, 0.05) is 43.6 Å². The van der Waals surface area contributed by atoms with Gasteiger partial charge in [0.1, 0.15) is 0 Å². The Morgan fingerprint density at radius 3 is 2.63 bits per heavy atom. The van der Waals surface area contributed by atoms with Crippen molar-refractivity contribution in [3.05, 3.63) is 11.6 Å². The summed E-state index contributed by atoms with van der Waals surface area (Å²) in [6, 6.07) is 0. The molecule has 1 aliphatic heterocycles. The van der Waals surface area contributed by atoms with Crippen LogP contribution < -0.4 is 4.90 Å². The first-order valence-electron chi connectivity index (χ1n) is 6.21. The molecule has 1 atom stereocenters. The first-order chi connectivity index (χ1) is 9.03. The normalized spacial score (nSPS) is 19.6. The van der Waals surface area contributed by atoms with Crippen LogP contribution in [0.2, 0.25) is 0 Å². The maximum atomic E-state index is 12.2. The highest BCUT2D eigenvalue weighted by atomic mass is 35.5. The summed E-state index contributed by atoms with van der Waals surface area (Å²) >= 11 is 7.27. The van der Waals surface area contributed by atoms with Gasteiger partial charge in [-0.05, 0) is 5.92 Å². The lowest BCUT2D eigenvalue weighted by molar-refractivity contribution is 0.382. The van der Waals surface area contributed by atoms with Crippen LogP contribution in [0.5, 0.6) is 0 Å². The highest BCUT2D eigenvalue weighted by Gasteiger charge is 2.28. The van der Waals surface area contributed by atoms with Crippen LogP contribution in [0.15, 0.2) is 11.6 Å². The van der Waals surface area contributed by atoms with E-state index in [4.69, 9.17) is 11.6 Å². The van der Waals surface area contributed by atoms with Gasteiger partial charge in [-0.15, -0.1) is 22.9 Å². The molecular weight excluding hydrogens is 306 g/mol. The summed E-state index contributed by atoms with van der Waals surface area (Å²) in [5, 5.41) is 2.90. The van der Waals surface area contributed by atoms with E-state index in [2.05, 4.69) is 9.88 Å². The molecular formula is C11H18ClN3O2S2. The van der Waals surface area contributed by atoms with Gasteiger partial charge >= 0.3 is 0 Å². The molecule has 1 aromatic rings. The van der Waals surface area contributed by atoms with Gasteiger partial charge in [0.05, 0.1) is 5.75 Å². The highest BCUT2D eigenvalue weighted by molar-refractivity contribution is 7.89. The molecule has 19 heavy (non-hydrogen) atoms. The zero-order chi connectivity index (χ0) is 13.9. The minimum Gasteiger partial charge on any atom is -0.345 e. The van der Waals surface area contributed by atoms with Crippen LogP contribution in [0.1, 0.15) is 6.92 Å². The zero-order valence-electron chi connectivity index (χ0n) is 10.8. The maximum absolute atomic E-state index is 12.2. The average molecular weight is 324 g/mol. The molecule has 2 rings (SSSR count). The Morgan fingerprint density at radius 1 is 1.42 bits per heavy atom. The van der Waals surface area contributed by atoms with Crippen molar-refractivity contribution in [2.45, 2.75) is 6.92 Å². The lowest BCUT2D eigenvalue weighted by Gasteiger charge is -2.34. The SMILES string of the molecule is CC(CCl)CS(=O)(=O)N1CCN(c2nccs2)CC1. The molecule has 0 radical (unpaired) electrons. The third-order valence-electron chi connectivity index (χ3n) is 3.08. The van der Waals surface area contributed by atoms with Crippen LogP contribution in [0, 0.1) is 5.92 Å². The number of alkyl halides is 1. The number of piperazine rings is 1. The number of sulfonamides is 1. The van der Waals surface area contributed by atoms with Crippen molar-refractivity contribution >= 4 is 38.1 Å². The van der Waals surface area contributed by atoms with Crippen LogP contribution in [0.25, 0.3) is 0 Å². The van der Waals surface area contributed by atoms with Crippen LogP contribution >= 0.6 is 22.9 Å². The number of rotatable bonds is 5. The number of thiazole rings is 1. The number of hydrogen-bond acceptors (Lipinski definition) is 5. The van der Waals surface area contributed by atoms with Crippen LogP contribution in [0.3, 0.4) is 0 Å². The van der Waals surface area contributed by atoms with Gasteiger partial charge in [-0.2, -0.15) is 4.31 Å². The number of nitrogens with zero attached hydrogens (tertiary/aromatic N) is 3. The molecule has 0 spiro atoms. The molecule has 0 bridgehead atoms. The Morgan fingerprint density at radius 2 is 2.11 bits per heavy atom. The second-order valence-corrected chi connectivity index (χ2v) is 7.93. The number of aromatic nitrogens is 1. The molecule has 0 amide bonds. The molecule has 2 heterocycles. The topological polar surface area (TPSA) is 53.5 Å². The van der Waals surface area contributed by atoms with Crippen LogP contribution in [0.4, 0.5) is 5.13 Å². The molecule has 0 aliphatic carbocycles. The van der Waals surface area contributed by atoms with Crippen molar-refractivity contribution < 1.29 is 8.42 Å². The van der Waals surface area contributed by atoms with E-state index in [0.717, 1.165) is 5.13 Å². The average Bonchev–Trinajstić information content (AvgIpc) is 2.92. The van der Waals surface area contributed by atoms with Gasteiger partial charge in [0.2, 0.25) is 10.0 Å². The van der Waals surface area contributed by atoms with E-state index >= 15 is 0 Å². The fourth-order valence-corrected chi connectivity index (χ4v) is 4.74. The second kappa shape index (κ2) is 6.39. The predicted octanol–water partition coefficient (Wildman–Crippen LogP) is 1.47. The maximum Gasteiger partial charge on any atom is 0.214 e. The lowest BCUT2D eigenvalue weighted by atomic mass is 10.3. The van der Waals surface area contributed by atoms with Crippen molar-refractivity contribution in [2.24, 2.45) is 5.92 Å². The minimum absolute atomic E-state index is 0.0105. The predicted molar refractivity (Wildman–Crippen MR) is 79.6 cm³/mol. The summed E-state index contributed by atoms with van der Waals surface area (Å²) in [7, 11) is -3.18. The first kappa shape index (κ1) is 15.0. The van der Waals surface area contributed by atoms with Gasteiger partial charge in [-0.1, -0.05) is 6.92 Å². The summed E-state index contributed by atoms with van der Waals surface area (Å²) < 4.78 is 25.9. The van der Waals surface area contributed by atoms with Crippen molar-refractivity contribution in [3.63, 3.8) is 0 Å². The van der Waals surface area contributed by atoms with Gasteiger partial charge in [-0.3, -0.25) is 0 Å². The second-order valence-electron chi connectivity index (χ2n) is 4.74. The summed E-state index contributed by atoms with van der Waals surface area (Å²) in [4.78, 5) is 6.37. The van der Waals surface area contributed by atoms with Crippen molar-refractivity contribution in [3.8, 4) is 0 Å². The smallest absolute Gasteiger partial charge is 0.214 e.